The minimum atomic E-state index is -0.0405. The first-order valence-electron chi connectivity index (χ1n) is 3.22. The fourth-order valence-electron chi connectivity index (χ4n) is 0.784. The van der Waals surface area contributed by atoms with Crippen LogP contribution in [0.15, 0.2) is 10.9 Å². The molecule has 1 heterocycles. The van der Waals surface area contributed by atoms with Crippen molar-refractivity contribution in [2.45, 2.75) is 13.3 Å². The van der Waals surface area contributed by atoms with Crippen LogP contribution in [-0.2, 0) is 6.42 Å². The monoisotopic (exact) mass is 283 g/mol. The Bertz CT molecular complexity index is 321. The first-order chi connectivity index (χ1) is 5.15. The maximum absolute atomic E-state index is 11.1. The maximum Gasteiger partial charge on any atom is 0.252 e. The van der Waals surface area contributed by atoms with Crippen LogP contribution in [0.25, 0.3) is 0 Å². The predicted octanol–water partition coefficient (Wildman–Crippen LogP) is 2.20. The molecule has 0 aromatic carbocycles. The van der Waals surface area contributed by atoms with Gasteiger partial charge in [-0.3, -0.25) is 4.79 Å². The molecule has 11 heavy (non-hydrogen) atoms. The van der Waals surface area contributed by atoms with Gasteiger partial charge in [0, 0.05) is 5.56 Å². The molecule has 0 saturated heterocycles. The summed E-state index contributed by atoms with van der Waals surface area (Å²) in [6.45, 7) is 1.92. The molecule has 4 heteroatoms. The standard InChI is InChI=1S/C7H7ClINO/c1-2-4-3-5(8)6(9)10-7(4)11/h3H,2H2,1H3,(H,10,11). The Morgan fingerprint density at radius 1 is 1.73 bits per heavy atom. The van der Waals surface area contributed by atoms with E-state index in [1.54, 1.807) is 6.07 Å². The number of H-pyrrole nitrogens is 1. The number of pyridine rings is 1. The van der Waals surface area contributed by atoms with Crippen LogP contribution in [0.1, 0.15) is 12.5 Å². The summed E-state index contributed by atoms with van der Waals surface area (Å²) in [5, 5.41) is 0.613. The number of halogens is 2. The largest absolute Gasteiger partial charge is 0.316 e. The van der Waals surface area contributed by atoms with Crippen LogP contribution in [0.2, 0.25) is 5.02 Å². The van der Waals surface area contributed by atoms with E-state index in [2.05, 4.69) is 4.98 Å². The number of nitrogens with one attached hydrogen (secondary N) is 1. The molecular weight excluding hydrogens is 276 g/mol. The van der Waals surface area contributed by atoms with Gasteiger partial charge in [0.1, 0.15) is 0 Å². The van der Waals surface area contributed by atoms with Crippen LogP contribution < -0.4 is 5.56 Å². The van der Waals surface area contributed by atoms with E-state index in [1.807, 2.05) is 29.5 Å². The van der Waals surface area contributed by atoms with Crippen molar-refractivity contribution in [2.24, 2.45) is 0 Å². The molecule has 0 aliphatic heterocycles. The average molecular weight is 283 g/mol. The Hall–Kier alpha value is -0.0300. The van der Waals surface area contributed by atoms with E-state index in [4.69, 9.17) is 11.6 Å². The van der Waals surface area contributed by atoms with Gasteiger partial charge in [-0.05, 0) is 35.1 Å². The second-order valence-corrected chi connectivity index (χ2v) is 3.63. The lowest BCUT2D eigenvalue weighted by Gasteiger charge is -1.97. The average Bonchev–Trinajstić information content (AvgIpc) is 1.97. The number of rotatable bonds is 1. The Kier molecular flexibility index (Phi) is 2.95. The van der Waals surface area contributed by atoms with Crippen molar-refractivity contribution in [2.75, 3.05) is 0 Å². The zero-order chi connectivity index (χ0) is 8.43. The van der Waals surface area contributed by atoms with Gasteiger partial charge in [0.2, 0.25) is 0 Å². The lowest BCUT2D eigenvalue weighted by atomic mass is 10.2. The first kappa shape index (κ1) is 9.06. The van der Waals surface area contributed by atoms with Gasteiger partial charge in [0.05, 0.1) is 8.72 Å². The highest BCUT2D eigenvalue weighted by atomic mass is 127. The van der Waals surface area contributed by atoms with Gasteiger partial charge in [-0.2, -0.15) is 0 Å². The van der Waals surface area contributed by atoms with Crippen LogP contribution in [0, 0.1) is 3.70 Å². The van der Waals surface area contributed by atoms with Crippen molar-refractivity contribution in [3.05, 3.63) is 30.7 Å². The molecular formula is C7H7ClINO. The molecule has 2 nitrogen and oxygen atoms in total. The zero-order valence-corrected chi connectivity index (χ0v) is 8.86. The van der Waals surface area contributed by atoms with E-state index in [0.29, 0.717) is 15.1 Å². The van der Waals surface area contributed by atoms with Crippen LogP contribution in [0.4, 0.5) is 0 Å². The second-order valence-electron chi connectivity index (χ2n) is 2.14. The van der Waals surface area contributed by atoms with E-state index in [-0.39, 0.29) is 5.56 Å². The summed E-state index contributed by atoms with van der Waals surface area (Å²) in [6, 6.07) is 1.71. The molecule has 60 valence electrons. The SMILES string of the molecule is CCc1cc(Cl)c(I)[nH]c1=O. The molecule has 1 aromatic heterocycles. The smallest absolute Gasteiger partial charge is 0.252 e. The van der Waals surface area contributed by atoms with Crippen LogP contribution in [0.5, 0.6) is 0 Å². The number of aromatic nitrogens is 1. The highest BCUT2D eigenvalue weighted by Crippen LogP contribution is 2.14. The zero-order valence-electron chi connectivity index (χ0n) is 5.95. The number of aryl methyl sites for hydroxylation is 1. The van der Waals surface area contributed by atoms with E-state index in [1.165, 1.54) is 0 Å². The Balaban J connectivity index is 3.32. The van der Waals surface area contributed by atoms with Crippen LogP contribution in [0.3, 0.4) is 0 Å². The quantitative estimate of drug-likeness (QED) is 0.622. The molecule has 0 fully saturated rings. The second kappa shape index (κ2) is 3.58. The molecule has 0 aliphatic rings. The van der Waals surface area contributed by atoms with Gasteiger partial charge < -0.3 is 4.98 Å². The van der Waals surface area contributed by atoms with Gasteiger partial charge in [0.25, 0.3) is 5.56 Å². The van der Waals surface area contributed by atoms with E-state index < -0.39 is 0 Å². The molecule has 0 spiro atoms. The van der Waals surface area contributed by atoms with Crippen molar-refractivity contribution in [1.29, 1.82) is 0 Å². The highest BCUT2D eigenvalue weighted by molar-refractivity contribution is 14.1. The van der Waals surface area contributed by atoms with Crippen molar-refractivity contribution in [1.82, 2.24) is 4.98 Å². The van der Waals surface area contributed by atoms with Crippen molar-refractivity contribution in [3.8, 4) is 0 Å². The minimum Gasteiger partial charge on any atom is -0.316 e. The molecule has 0 unspecified atom stereocenters. The summed E-state index contributed by atoms with van der Waals surface area (Å²) in [4.78, 5) is 13.8. The molecule has 1 rings (SSSR count). The van der Waals surface area contributed by atoms with Gasteiger partial charge in [-0.25, -0.2) is 0 Å². The normalized spacial score (nSPS) is 10.1. The highest BCUT2D eigenvalue weighted by Gasteiger charge is 2.01. The lowest BCUT2D eigenvalue weighted by molar-refractivity contribution is 1.05. The van der Waals surface area contributed by atoms with Crippen molar-refractivity contribution >= 4 is 34.2 Å². The van der Waals surface area contributed by atoms with E-state index in [0.717, 1.165) is 5.56 Å². The van der Waals surface area contributed by atoms with Gasteiger partial charge in [0.15, 0.2) is 0 Å². The summed E-state index contributed by atoms with van der Waals surface area (Å²) in [5.41, 5.74) is 0.691. The van der Waals surface area contributed by atoms with Crippen LogP contribution in [-0.4, -0.2) is 4.98 Å². The lowest BCUT2D eigenvalue weighted by Crippen LogP contribution is -2.12. The third-order valence-corrected chi connectivity index (χ3v) is 2.87. The summed E-state index contributed by atoms with van der Waals surface area (Å²) < 4.78 is 0.700. The fraction of sp³-hybridized carbons (Fsp3) is 0.286. The third kappa shape index (κ3) is 1.96. The molecule has 0 saturated carbocycles. The van der Waals surface area contributed by atoms with Gasteiger partial charge in [-0.1, -0.05) is 18.5 Å². The Labute approximate surface area is 83.1 Å². The minimum absolute atomic E-state index is 0.0405. The van der Waals surface area contributed by atoms with E-state index >= 15 is 0 Å². The summed E-state index contributed by atoms with van der Waals surface area (Å²) in [7, 11) is 0. The van der Waals surface area contributed by atoms with Gasteiger partial charge in [-0.15, -0.1) is 0 Å². The van der Waals surface area contributed by atoms with Crippen molar-refractivity contribution in [3.63, 3.8) is 0 Å². The third-order valence-electron chi connectivity index (χ3n) is 1.41. The molecule has 0 aliphatic carbocycles. The molecule has 0 bridgehead atoms. The Morgan fingerprint density at radius 2 is 2.36 bits per heavy atom. The maximum atomic E-state index is 11.1. The molecule has 0 amide bonds. The molecule has 0 atom stereocenters. The number of hydrogen-bond donors (Lipinski definition) is 1. The molecule has 1 aromatic rings. The van der Waals surface area contributed by atoms with Gasteiger partial charge >= 0.3 is 0 Å². The predicted molar refractivity (Wildman–Crippen MR) is 54.2 cm³/mol. The number of hydrogen-bond acceptors (Lipinski definition) is 1. The topological polar surface area (TPSA) is 32.9 Å². The molecule has 0 radical (unpaired) electrons. The summed E-state index contributed by atoms with van der Waals surface area (Å²) in [6.07, 6.45) is 0.714. The summed E-state index contributed by atoms with van der Waals surface area (Å²) in [5.74, 6) is 0. The fourth-order valence-corrected chi connectivity index (χ4v) is 1.36. The Morgan fingerprint density at radius 3 is 2.91 bits per heavy atom. The summed E-state index contributed by atoms with van der Waals surface area (Å²) >= 11 is 7.78. The number of aromatic amines is 1. The van der Waals surface area contributed by atoms with Crippen molar-refractivity contribution < 1.29 is 0 Å². The van der Waals surface area contributed by atoms with Crippen LogP contribution >= 0.6 is 34.2 Å². The van der Waals surface area contributed by atoms with E-state index in [9.17, 15) is 4.79 Å². The first-order valence-corrected chi connectivity index (χ1v) is 4.68. The molecule has 1 N–H and O–H groups in total.